The van der Waals surface area contributed by atoms with Gasteiger partial charge in [0.2, 0.25) is 0 Å². The molecule has 28 heavy (non-hydrogen) atoms. The van der Waals surface area contributed by atoms with Crippen molar-refractivity contribution in [3.8, 4) is 17.2 Å². The summed E-state index contributed by atoms with van der Waals surface area (Å²) in [6, 6.07) is 10.8. The Hall–Kier alpha value is -1.05. The molecule has 148 valence electrons. The Morgan fingerprint density at radius 1 is 0.893 bits per heavy atom. The van der Waals surface area contributed by atoms with Crippen LogP contribution < -0.4 is 39.4 Å². The molecule has 0 unspecified atom stereocenters. The number of unbranched alkanes of at least 4 members (excludes halogenated alkanes) is 6. The monoisotopic (exact) mass is 414 g/mol. The molecule has 5 nitrogen and oxygen atoms in total. The van der Waals surface area contributed by atoms with Gasteiger partial charge in [-0.15, -0.1) is 0 Å². The molecule has 0 amide bonds. The number of aryl methyl sites for hydroxylation is 1. The molecule has 0 radical (unpaired) electrons. The molecule has 0 spiro atoms. The summed E-state index contributed by atoms with van der Waals surface area (Å²) < 4.78 is 39.1. The fourth-order valence-corrected chi connectivity index (χ4v) is 3.92. The second kappa shape index (κ2) is 12.5. The van der Waals surface area contributed by atoms with Gasteiger partial charge in [-0.25, -0.2) is 0 Å². The van der Waals surface area contributed by atoms with E-state index in [4.69, 9.17) is 4.74 Å². The van der Waals surface area contributed by atoms with Gasteiger partial charge in [-0.05, 0) is 30.5 Å². The molecule has 0 aliphatic carbocycles. The summed E-state index contributed by atoms with van der Waals surface area (Å²) in [6.45, 7) is 2.18. The Labute approximate surface area is 190 Å². The van der Waals surface area contributed by atoms with E-state index in [0.29, 0.717) is 12.0 Å². The molecule has 0 bridgehead atoms. The molecular weight excluding hydrogens is 387 g/mol. The van der Waals surface area contributed by atoms with Gasteiger partial charge in [0.1, 0.15) is 16.4 Å². The topological polar surface area (TPSA) is 86.7 Å². The molecule has 0 aliphatic heterocycles. The first-order chi connectivity index (χ1) is 12.9. The van der Waals surface area contributed by atoms with Gasteiger partial charge in [0.05, 0.1) is 0 Å². The minimum atomic E-state index is -4.48. The van der Waals surface area contributed by atoms with Crippen molar-refractivity contribution in [1.29, 1.82) is 0 Å². The quantitative estimate of drug-likeness (QED) is 0.346. The van der Waals surface area contributed by atoms with Crippen molar-refractivity contribution >= 4 is 10.1 Å². The normalized spacial score (nSPS) is 11.1. The average molecular weight is 414 g/mol. The molecule has 0 fully saturated rings. The van der Waals surface area contributed by atoms with Crippen LogP contribution in [0.1, 0.15) is 57.4 Å². The number of rotatable bonds is 11. The number of ether oxygens (including phenoxy) is 1. The zero-order chi connectivity index (χ0) is 19.7. The Balaban J connectivity index is 0.00000392. The van der Waals surface area contributed by atoms with Crippen LogP contribution in [0.5, 0.6) is 17.2 Å². The van der Waals surface area contributed by atoms with E-state index < -0.39 is 10.1 Å². The summed E-state index contributed by atoms with van der Waals surface area (Å²) in [5, 5.41) is 11.9. The van der Waals surface area contributed by atoms with Crippen molar-refractivity contribution in [2.45, 2.75) is 63.2 Å². The average Bonchev–Trinajstić information content (AvgIpc) is 2.62. The van der Waals surface area contributed by atoms with E-state index in [1.54, 1.807) is 24.3 Å². The Morgan fingerprint density at radius 3 is 2.14 bits per heavy atom. The molecule has 0 heterocycles. The summed E-state index contributed by atoms with van der Waals surface area (Å²) in [4.78, 5) is -0.251. The van der Waals surface area contributed by atoms with Gasteiger partial charge in [-0.1, -0.05) is 81.5 Å². The molecule has 7 heteroatoms. The maximum absolute atomic E-state index is 12.0. The first-order valence-electron chi connectivity index (χ1n) is 9.46. The Morgan fingerprint density at radius 2 is 1.50 bits per heavy atom. The number of para-hydroxylation sites is 2. The summed E-state index contributed by atoms with van der Waals surface area (Å²) in [7, 11) is -4.48. The maximum Gasteiger partial charge on any atom is 1.00 e. The Bertz CT molecular complexity index is 836. The van der Waals surface area contributed by atoms with Gasteiger partial charge in [-0.3, -0.25) is 4.55 Å². The van der Waals surface area contributed by atoms with Crippen LogP contribution in [0.4, 0.5) is 0 Å². The molecule has 2 rings (SSSR count). The maximum atomic E-state index is 12.0. The first-order valence-corrected chi connectivity index (χ1v) is 10.9. The van der Waals surface area contributed by atoms with Crippen molar-refractivity contribution < 1.29 is 52.4 Å². The SMILES string of the molecule is CCCCCCCCCc1cccc(Oc2ccccc2[O-])c1S(=O)(=O)O.[Na+]. The number of hydrogen-bond acceptors (Lipinski definition) is 4. The smallest absolute Gasteiger partial charge is 0.870 e. The first kappa shape index (κ1) is 25.0. The van der Waals surface area contributed by atoms with Gasteiger partial charge in [0.15, 0.2) is 0 Å². The van der Waals surface area contributed by atoms with E-state index >= 15 is 0 Å². The van der Waals surface area contributed by atoms with Crippen molar-refractivity contribution in [1.82, 2.24) is 0 Å². The van der Waals surface area contributed by atoms with Crippen LogP contribution in [0.3, 0.4) is 0 Å². The molecule has 2 aromatic carbocycles. The summed E-state index contributed by atoms with van der Waals surface area (Å²) in [5.74, 6) is -0.354. The van der Waals surface area contributed by atoms with Crippen LogP contribution in [0.2, 0.25) is 0 Å². The van der Waals surface area contributed by atoms with E-state index in [9.17, 15) is 18.1 Å². The molecule has 0 atom stereocenters. The van der Waals surface area contributed by atoms with Gasteiger partial charge in [-0.2, -0.15) is 8.42 Å². The third kappa shape index (κ3) is 7.76. The van der Waals surface area contributed by atoms with Crippen molar-refractivity contribution in [3.05, 3.63) is 48.0 Å². The van der Waals surface area contributed by atoms with Crippen LogP contribution in [-0.4, -0.2) is 13.0 Å². The van der Waals surface area contributed by atoms with E-state index in [0.717, 1.165) is 19.3 Å². The van der Waals surface area contributed by atoms with E-state index in [-0.39, 0.29) is 51.7 Å². The van der Waals surface area contributed by atoms with Gasteiger partial charge in [0, 0.05) is 0 Å². The molecule has 0 saturated heterocycles. The standard InChI is InChI=1S/C21H28O5S.Na/c1-2-3-4-5-6-7-8-12-17-13-11-16-20(21(17)27(23,24)25)26-19-15-10-9-14-18(19)22;/h9-11,13-16,22H,2-8,12H2,1H3,(H,23,24,25);/q;+1/p-1. The fourth-order valence-electron chi connectivity index (χ4n) is 3.06. The van der Waals surface area contributed by atoms with Gasteiger partial charge in [0.25, 0.3) is 10.1 Å². The van der Waals surface area contributed by atoms with E-state index in [2.05, 4.69) is 6.92 Å². The van der Waals surface area contributed by atoms with Gasteiger partial charge >= 0.3 is 29.6 Å². The van der Waals surface area contributed by atoms with E-state index in [1.165, 1.54) is 43.9 Å². The summed E-state index contributed by atoms with van der Waals surface area (Å²) >= 11 is 0. The largest absolute Gasteiger partial charge is 1.00 e. The van der Waals surface area contributed by atoms with Crippen LogP contribution in [-0.2, 0) is 16.5 Å². The third-order valence-electron chi connectivity index (χ3n) is 4.44. The summed E-state index contributed by atoms with van der Waals surface area (Å²) in [6.07, 6.45) is 8.33. The summed E-state index contributed by atoms with van der Waals surface area (Å²) in [5.41, 5.74) is 0.506. The molecule has 0 aliphatic rings. The van der Waals surface area contributed by atoms with Crippen molar-refractivity contribution in [3.63, 3.8) is 0 Å². The predicted molar refractivity (Wildman–Crippen MR) is 104 cm³/mol. The number of hydrogen-bond donors (Lipinski definition) is 1. The third-order valence-corrected chi connectivity index (χ3v) is 5.42. The van der Waals surface area contributed by atoms with Gasteiger partial charge < -0.3 is 9.84 Å². The molecule has 0 aromatic heterocycles. The molecular formula is C21H27NaO5S. The van der Waals surface area contributed by atoms with Crippen LogP contribution >= 0.6 is 0 Å². The number of benzene rings is 2. The molecule has 1 N–H and O–H groups in total. The van der Waals surface area contributed by atoms with Crippen molar-refractivity contribution in [2.75, 3.05) is 0 Å². The fraction of sp³-hybridized carbons (Fsp3) is 0.429. The predicted octanol–water partition coefficient (Wildman–Crippen LogP) is 2.10. The van der Waals surface area contributed by atoms with Crippen LogP contribution in [0, 0.1) is 0 Å². The van der Waals surface area contributed by atoms with E-state index in [1.807, 2.05) is 0 Å². The zero-order valence-corrected chi connectivity index (χ0v) is 19.5. The molecule has 0 saturated carbocycles. The minimum Gasteiger partial charge on any atom is -0.870 e. The molecule has 2 aromatic rings. The van der Waals surface area contributed by atoms with Crippen molar-refractivity contribution in [2.24, 2.45) is 0 Å². The minimum absolute atomic E-state index is 0. The van der Waals surface area contributed by atoms with Crippen LogP contribution in [0.15, 0.2) is 47.4 Å². The zero-order valence-electron chi connectivity index (χ0n) is 16.7. The second-order valence-corrected chi connectivity index (χ2v) is 8.00. The second-order valence-electron chi connectivity index (χ2n) is 6.64. The van der Waals surface area contributed by atoms with Crippen LogP contribution in [0.25, 0.3) is 0 Å². The Kier molecular flexibility index (Phi) is 11.2.